The van der Waals surface area contributed by atoms with Gasteiger partial charge in [-0.05, 0) is 12.2 Å². The van der Waals surface area contributed by atoms with Crippen LogP contribution in [0.5, 0.6) is 0 Å². The maximum Gasteiger partial charge on any atom is 0.146 e. The third-order valence-corrected chi connectivity index (χ3v) is 1.72. The third kappa shape index (κ3) is 1.56. The SMILES string of the molecule is CN1C=CC(Br)=CC1O. The van der Waals surface area contributed by atoms with Gasteiger partial charge in [0.2, 0.25) is 0 Å². The van der Waals surface area contributed by atoms with Gasteiger partial charge in [-0.25, -0.2) is 0 Å². The molecule has 0 bridgehead atoms. The average molecular weight is 190 g/mol. The van der Waals surface area contributed by atoms with Crippen molar-refractivity contribution in [3.63, 3.8) is 0 Å². The van der Waals surface area contributed by atoms with Crippen molar-refractivity contribution in [1.82, 2.24) is 4.90 Å². The summed E-state index contributed by atoms with van der Waals surface area (Å²) in [4.78, 5) is 1.71. The Labute approximate surface area is 62.6 Å². The lowest BCUT2D eigenvalue weighted by Crippen LogP contribution is -2.26. The van der Waals surface area contributed by atoms with Gasteiger partial charge in [-0.3, -0.25) is 0 Å². The summed E-state index contributed by atoms with van der Waals surface area (Å²) < 4.78 is 0.924. The zero-order valence-electron chi connectivity index (χ0n) is 5.08. The van der Waals surface area contributed by atoms with Crippen LogP contribution in [0.4, 0.5) is 0 Å². The molecule has 0 fully saturated rings. The molecule has 9 heavy (non-hydrogen) atoms. The number of hydrogen-bond acceptors (Lipinski definition) is 2. The van der Waals surface area contributed by atoms with Gasteiger partial charge in [-0.2, -0.15) is 0 Å². The smallest absolute Gasteiger partial charge is 0.146 e. The highest BCUT2D eigenvalue weighted by atomic mass is 79.9. The Hall–Kier alpha value is -0.280. The molecule has 0 radical (unpaired) electrons. The Morgan fingerprint density at radius 1 is 1.78 bits per heavy atom. The van der Waals surface area contributed by atoms with Crippen LogP contribution in [0.2, 0.25) is 0 Å². The van der Waals surface area contributed by atoms with Gasteiger partial charge < -0.3 is 10.0 Å². The molecule has 2 nitrogen and oxygen atoms in total. The quantitative estimate of drug-likeness (QED) is 0.616. The standard InChI is InChI=1S/C6H8BrNO/c1-8-3-2-5(7)4-6(8)9/h2-4,6,9H,1H3. The van der Waals surface area contributed by atoms with Crippen LogP contribution in [-0.4, -0.2) is 23.3 Å². The maximum atomic E-state index is 9.12. The molecule has 1 aliphatic heterocycles. The first-order valence-corrected chi connectivity index (χ1v) is 3.45. The first kappa shape index (κ1) is 6.83. The van der Waals surface area contributed by atoms with E-state index in [-0.39, 0.29) is 0 Å². The Balaban J connectivity index is 2.70. The molecular weight excluding hydrogens is 182 g/mol. The van der Waals surface area contributed by atoms with Crippen molar-refractivity contribution in [3.05, 3.63) is 22.8 Å². The van der Waals surface area contributed by atoms with Gasteiger partial charge in [-0.1, -0.05) is 15.9 Å². The van der Waals surface area contributed by atoms with Crippen molar-refractivity contribution in [2.75, 3.05) is 7.05 Å². The molecule has 1 atom stereocenters. The molecule has 1 aliphatic rings. The second-order valence-electron chi connectivity index (χ2n) is 1.95. The van der Waals surface area contributed by atoms with E-state index in [1.54, 1.807) is 11.0 Å². The van der Waals surface area contributed by atoms with Crippen LogP contribution >= 0.6 is 15.9 Å². The molecule has 1 rings (SSSR count). The Morgan fingerprint density at radius 2 is 2.44 bits per heavy atom. The topological polar surface area (TPSA) is 23.5 Å². The van der Waals surface area contributed by atoms with Crippen molar-refractivity contribution >= 4 is 15.9 Å². The normalized spacial score (nSPS) is 26.3. The summed E-state index contributed by atoms with van der Waals surface area (Å²) >= 11 is 3.24. The van der Waals surface area contributed by atoms with E-state index in [2.05, 4.69) is 15.9 Å². The minimum Gasteiger partial charge on any atom is -0.370 e. The van der Waals surface area contributed by atoms with E-state index in [4.69, 9.17) is 5.11 Å². The van der Waals surface area contributed by atoms with Crippen LogP contribution in [0, 0.1) is 0 Å². The molecule has 1 N–H and O–H groups in total. The van der Waals surface area contributed by atoms with Gasteiger partial charge in [0.05, 0.1) is 0 Å². The number of aliphatic hydroxyl groups is 1. The molecular formula is C6H8BrNO. The van der Waals surface area contributed by atoms with E-state index in [1.807, 2.05) is 19.3 Å². The second kappa shape index (κ2) is 2.54. The Bertz CT molecular complexity index is 164. The largest absolute Gasteiger partial charge is 0.370 e. The summed E-state index contributed by atoms with van der Waals surface area (Å²) in [6.45, 7) is 0. The summed E-state index contributed by atoms with van der Waals surface area (Å²) in [5, 5.41) is 9.12. The van der Waals surface area contributed by atoms with Gasteiger partial charge in [0.15, 0.2) is 0 Å². The van der Waals surface area contributed by atoms with Gasteiger partial charge in [0.25, 0.3) is 0 Å². The van der Waals surface area contributed by atoms with E-state index in [9.17, 15) is 0 Å². The van der Waals surface area contributed by atoms with Crippen LogP contribution in [0.3, 0.4) is 0 Å². The first-order chi connectivity index (χ1) is 4.20. The van der Waals surface area contributed by atoms with Gasteiger partial charge in [-0.15, -0.1) is 0 Å². The van der Waals surface area contributed by atoms with Crippen molar-refractivity contribution < 1.29 is 5.11 Å². The first-order valence-electron chi connectivity index (χ1n) is 2.65. The highest BCUT2D eigenvalue weighted by Crippen LogP contribution is 2.14. The molecule has 1 unspecified atom stereocenters. The van der Waals surface area contributed by atoms with Crippen LogP contribution < -0.4 is 0 Å². The van der Waals surface area contributed by atoms with Crippen LogP contribution in [0.1, 0.15) is 0 Å². The van der Waals surface area contributed by atoms with Gasteiger partial charge in [0.1, 0.15) is 6.23 Å². The van der Waals surface area contributed by atoms with E-state index < -0.39 is 6.23 Å². The molecule has 50 valence electrons. The zero-order valence-corrected chi connectivity index (χ0v) is 6.67. The number of halogens is 1. The maximum absolute atomic E-state index is 9.12. The summed E-state index contributed by atoms with van der Waals surface area (Å²) in [6.07, 6.45) is 4.94. The average Bonchev–Trinajstić information content (AvgIpc) is 1.80. The fraction of sp³-hybridized carbons (Fsp3) is 0.333. The van der Waals surface area contributed by atoms with Crippen LogP contribution in [0.25, 0.3) is 0 Å². The molecule has 0 aromatic rings. The summed E-state index contributed by atoms with van der Waals surface area (Å²) in [7, 11) is 1.82. The molecule has 0 spiro atoms. The number of aliphatic hydroxyl groups excluding tert-OH is 1. The third-order valence-electron chi connectivity index (χ3n) is 1.19. The van der Waals surface area contributed by atoms with E-state index in [0.29, 0.717) is 0 Å². The molecule has 1 heterocycles. The fourth-order valence-electron chi connectivity index (χ4n) is 0.592. The van der Waals surface area contributed by atoms with Crippen molar-refractivity contribution in [1.29, 1.82) is 0 Å². The lowest BCUT2D eigenvalue weighted by atomic mass is 10.3. The second-order valence-corrected chi connectivity index (χ2v) is 2.86. The highest BCUT2D eigenvalue weighted by molar-refractivity contribution is 9.11. The molecule has 0 aromatic carbocycles. The zero-order chi connectivity index (χ0) is 6.85. The predicted octanol–water partition coefficient (Wildman–Crippen LogP) is 1.04. The lowest BCUT2D eigenvalue weighted by molar-refractivity contribution is 0.0970. The van der Waals surface area contributed by atoms with Crippen LogP contribution in [0.15, 0.2) is 22.8 Å². The number of nitrogens with zero attached hydrogens (tertiary/aromatic N) is 1. The Kier molecular flexibility index (Phi) is 1.93. The lowest BCUT2D eigenvalue weighted by Gasteiger charge is -2.21. The van der Waals surface area contributed by atoms with Crippen molar-refractivity contribution in [3.8, 4) is 0 Å². The highest BCUT2D eigenvalue weighted by Gasteiger charge is 2.07. The molecule has 0 aromatic heterocycles. The number of hydrogen-bond donors (Lipinski definition) is 1. The summed E-state index contributed by atoms with van der Waals surface area (Å²) in [6, 6.07) is 0. The Morgan fingerprint density at radius 3 is 2.89 bits per heavy atom. The monoisotopic (exact) mass is 189 g/mol. The molecule has 0 saturated heterocycles. The van der Waals surface area contributed by atoms with Crippen molar-refractivity contribution in [2.24, 2.45) is 0 Å². The number of rotatable bonds is 0. The number of allylic oxidation sites excluding steroid dienone is 2. The predicted molar refractivity (Wildman–Crippen MR) is 39.9 cm³/mol. The summed E-state index contributed by atoms with van der Waals surface area (Å²) in [5.74, 6) is 0. The molecule has 3 heteroatoms. The van der Waals surface area contributed by atoms with E-state index in [0.717, 1.165) is 4.48 Å². The minimum atomic E-state index is -0.482. The molecule has 0 aliphatic carbocycles. The fourth-order valence-corrected chi connectivity index (χ4v) is 0.947. The molecule has 0 amide bonds. The van der Waals surface area contributed by atoms with Crippen LogP contribution in [-0.2, 0) is 0 Å². The molecule has 0 saturated carbocycles. The van der Waals surface area contributed by atoms with Gasteiger partial charge >= 0.3 is 0 Å². The minimum absolute atomic E-state index is 0.482. The number of likely N-dealkylation sites (N-methyl/N-ethyl adjacent to an activating group) is 1. The van der Waals surface area contributed by atoms with Crippen molar-refractivity contribution in [2.45, 2.75) is 6.23 Å². The summed E-state index contributed by atoms with van der Waals surface area (Å²) in [5.41, 5.74) is 0. The van der Waals surface area contributed by atoms with Gasteiger partial charge in [0, 0.05) is 17.7 Å². The van der Waals surface area contributed by atoms with E-state index in [1.165, 1.54) is 0 Å². The van der Waals surface area contributed by atoms with E-state index >= 15 is 0 Å².